The Bertz CT molecular complexity index is 474. The Morgan fingerprint density at radius 3 is 2.75 bits per heavy atom. The van der Waals surface area contributed by atoms with E-state index >= 15 is 0 Å². The van der Waals surface area contributed by atoms with Crippen LogP contribution in [0.4, 0.5) is 5.69 Å². The van der Waals surface area contributed by atoms with E-state index < -0.39 is 4.92 Å². The number of nitro benzene ring substituents is 1. The Kier molecular flexibility index (Phi) is 6.28. The van der Waals surface area contributed by atoms with E-state index in [1.165, 1.54) is 19.2 Å². The van der Waals surface area contributed by atoms with E-state index in [1.54, 1.807) is 13.0 Å². The van der Waals surface area contributed by atoms with Gasteiger partial charge in [-0.15, -0.1) is 0 Å². The highest BCUT2D eigenvalue weighted by molar-refractivity contribution is 5.69. The van der Waals surface area contributed by atoms with Gasteiger partial charge in [0.15, 0.2) is 5.75 Å². The zero-order valence-corrected chi connectivity index (χ0v) is 11.5. The van der Waals surface area contributed by atoms with E-state index in [1.807, 2.05) is 0 Å². The first-order chi connectivity index (χ1) is 9.58. The molecule has 0 aliphatic rings. The van der Waals surface area contributed by atoms with Crippen LogP contribution in [0.2, 0.25) is 0 Å². The number of nitrogens with zero attached hydrogens (tertiary/aromatic N) is 1. The van der Waals surface area contributed by atoms with Crippen LogP contribution in [0, 0.1) is 10.1 Å². The second-order valence-electron chi connectivity index (χ2n) is 3.85. The zero-order chi connectivity index (χ0) is 15.0. The molecule has 0 atom stereocenters. The molecule has 0 unspecified atom stereocenters. The highest BCUT2D eigenvalue weighted by atomic mass is 16.6. The molecule has 0 heterocycles. The van der Waals surface area contributed by atoms with Crippen LogP contribution in [0.5, 0.6) is 11.5 Å². The van der Waals surface area contributed by atoms with Gasteiger partial charge in [0.1, 0.15) is 5.75 Å². The molecule has 110 valence electrons. The van der Waals surface area contributed by atoms with Crippen molar-refractivity contribution in [2.24, 2.45) is 0 Å². The Morgan fingerprint density at radius 2 is 2.15 bits per heavy atom. The summed E-state index contributed by atoms with van der Waals surface area (Å²) >= 11 is 0. The molecule has 0 fully saturated rings. The van der Waals surface area contributed by atoms with Gasteiger partial charge >= 0.3 is 11.7 Å². The summed E-state index contributed by atoms with van der Waals surface area (Å²) in [5.41, 5.74) is -0.166. The number of esters is 1. The summed E-state index contributed by atoms with van der Waals surface area (Å²) in [6.45, 7) is 2.27. The number of carbonyl (C=O) groups is 1. The highest BCUT2D eigenvalue weighted by Gasteiger charge is 2.16. The second kappa shape index (κ2) is 7.98. The van der Waals surface area contributed by atoms with Crippen molar-refractivity contribution >= 4 is 11.7 Å². The van der Waals surface area contributed by atoms with Crippen molar-refractivity contribution in [1.29, 1.82) is 0 Å². The summed E-state index contributed by atoms with van der Waals surface area (Å²) in [5, 5.41) is 10.9. The maximum atomic E-state index is 11.1. The molecule has 1 aromatic rings. The molecular weight excluding hydrogens is 266 g/mol. The van der Waals surface area contributed by atoms with Crippen LogP contribution in [0.25, 0.3) is 0 Å². The Hall–Kier alpha value is -2.31. The maximum Gasteiger partial charge on any atom is 0.314 e. The predicted molar refractivity (Wildman–Crippen MR) is 71.0 cm³/mol. The van der Waals surface area contributed by atoms with Gasteiger partial charge in [-0.25, -0.2) is 0 Å². The smallest absolute Gasteiger partial charge is 0.314 e. The Balaban J connectivity index is 2.55. The number of methoxy groups -OCH3 is 1. The van der Waals surface area contributed by atoms with E-state index in [0.29, 0.717) is 18.8 Å². The normalized spacial score (nSPS) is 9.90. The van der Waals surface area contributed by atoms with Gasteiger partial charge in [0, 0.05) is 6.42 Å². The summed E-state index contributed by atoms with van der Waals surface area (Å²) < 4.78 is 15.0. The van der Waals surface area contributed by atoms with E-state index in [0.717, 1.165) is 0 Å². The fourth-order valence-electron chi connectivity index (χ4n) is 1.52. The van der Waals surface area contributed by atoms with Crippen molar-refractivity contribution in [2.75, 3.05) is 20.3 Å². The van der Waals surface area contributed by atoms with Crippen LogP contribution < -0.4 is 9.47 Å². The molecule has 0 N–H and O–H groups in total. The van der Waals surface area contributed by atoms with Crippen molar-refractivity contribution in [3.63, 3.8) is 0 Å². The maximum absolute atomic E-state index is 11.1. The van der Waals surface area contributed by atoms with Gasteiger partial charge in [0.05, 0.1) is 31.3 Å². The van der Waals surface area contributed by atoms with Crippen molar-refractivity contribution in [3.8, 4) is 11.5 Å². The van der Waals surface area contributed by atoms with Crippen LogP contribution in [-0.2, 0) is 9.53 Å². The SMILES string of the molecule is CCOC(=O)CCCOc1ccc(OC)cc1[N+](=O)[O-]. The third-order valence-corrected chi connectivity index (χ3v) is 2.45. The Labute approximate surface area is 116 Å². The highest BCUT2D eigenvalue weighted by Crippen LogP contribution is 2.31. The molecule has 0 saturated heterocycles. The molecule has 0 saturated carbocycles. The van der Waals surface area contributed by atoms with Gasteiger partial charge in [-0.1, -0.05) is 0 Å². The minimum Gasteiger partial charge on any atom is -0.496 e. The summed E-state index contributed by atoms with van der Waals surface area (Å²) in [5.74, 6) is 0.232. The average molecular weight is 283 g/mol. The molecule has 0 radical (unpaired) electrons. The van der Waals surface area contributed by atoms with Crippen LogP contribution in [0.15, 0.2) is 18.2 Å². The molecule has 0 aliphatic carbocycles. The van der Waals surface area contributed by atoms with Gasteiger partial charge < -0.3 is 14.2 Å². The van der Waals surface area contributed by atoms with E-state index in [4.69, 9.17) is 14.2 Å². The number of carbonyl (C=O) groups excluding carboxylic acids is 1. The number of hydrogen-bond acceptors (Lipinski definition) is 6. The zero-order valence-electron chi connectivity index (χ0n) is 11.5. The molecule has 0 bridgehead atoms. The van der Waals surface area contributed by atoms with Crippen LogP contribution in [-0.4, -0.2) is 31.2 Å². The van der Waals surface area contributed by atoms with Gasteiger partial charge in [0.2, 0.25) is 0 Å². The van der Waals surface area contributed by atoms with E-state index in [2.05, 4.69) is 0 Å². The molecule has 1 rings (SSSR count). The largest absolute Gasteiger partial charge is 0.496 e. The summed E-state index contributed by atoms with van der Waals surface area (Å²) in [4.78, 5) is 21.5. The monoisotopic (exact) mass is 283 g/mol. The van der Waals surface area contributed by atoms with Gasteiger partial charge in [-0.2, -0.15) is 0 Å². The number of hydrogen-bond donors (Lipinski definition) is 0. The number of nitro groups is 1. The minimum absolute atomic E-state index is 0.152. The quantitative estimate of drug-likeness (QED) is 0.315. The number of benzene rings is 1. The molecule has 0 spiro atoms. The second-order valence-corrected chi connectivity index (χ2v) is 3.85. The topological polar surface area (TPSA) is 87.9 Å². The summed E-state index contributed by atoms with van der Waals surface area (Å²) in [6.07, 6.45) is 0.653. The molecule has 7 heteroatoms. The molecule has 7 nitrogen and oxygen atoms in total. The van der Waals surface area contributed by atoms with Crippen molar-refractivity contribution in [2.45, 2.75) is 19.8 Å². The fourth-order valence-corrected chi connectivity index (χ4v) is 1.52. The molecule has 0 amide bonds. The van der Waals surface area contributed by atoms with E-state index in [-0.39, 0.29) is 30.4 Å². The third kappa shape index (κ3) is 4.75. The lowest BCUT2D eigenvalue weighted by Gasteiger charge is -2.07. The molecule has 0 aliphatic heterocycles. The summed E-state index contributed by atoms with van der Waals surface area (Å²) in [6, 6.07) is 4.34. The number of rotatable bonds is 8. The van der Waals surface area contributed by atoms with Crippen LogP contribution >= 0.6 is 0 Å². The fraction of sp³-hybridized carbons (Fsp3) is 0.462. The molecule has 20 heavy (non-hydrogen) atoms. The van der Waals surface area contributed by atoms with Gasteiger partial charge in [-0.3, -0.25) is 14.9 Å². The standard InChI is InChI=1S/C13H17NO6/c1-3-19-13(15)5-4-8-20-12-7-6-10(18-2)9-11(12)14(16)17/h6-7,9H,3-5,8H2,1-2H3. The Morgan fingerprint density at radius 1 is 1.40 bits per heavy atom. The lowest BCUT2D eigenvalue weighted by molar-refractivity contribution is -0.385. The number of ether oxygens (including phenoxy) is 3. The van der Waals surface area contributed by atoms with Crippen LogP contribution in [0.3, 0.4) is 0 Å². The molecular formula is C13H17NO6. The summed E-state index contributed by atoms with van der Waals surface area (Å²) in [7, 11) is 1.43. The van der Waals surface area contributed by atoms with Crippen LogP contribution in [0.1, 0.15) is 19.8 Å². The van der Waals surface area contributed by atoms with E-state index in [9.17, 15) is 14.9 Å². The average Bonchev–Trinajstić information content (AvgIpc) is 2.43. The first kappa shape index (κ1) is 15.7. The molecule has 0 aromatic heterocycles. The first-order valence-electron chi connectivity index (χ1n) is 6.19. The van der Waals surface area contributed by atoms with Crippen molar-refractivity contribution < 1.29 is 23.9 Å². The van der Waals surface area contributed by atoms with Gasteiger partial charge in [-0.05, 0) is 25.5 Å². The lowest BCUT2D eigenvalue weighted by atomic mass is 10.2. The van der Waals surface area contributed by atoms with Crippen molar-refractivity contribution in [1.82, 2.24) is 0 Å². The van der Waals surface area contributed by atoms with Gasteiger partial charge in [0.25, 0.3) is 0 Å². The predicted octanol–water partition coefficient (Wildman–Crippen LogP) is 2.33. The van der Waals surface area contributed by atoms with Crippen molar-refractivity contribution in [3.05, 3.63) is 28.3 Å². The minimum atomic E-state index is -0.538. The molecule has 1 aromatic carbocycles. The third-order valence-electron chi connectivity index (χ3n) is 2.45. The lowest BCUT2D eigenvalue weighted by Crippen LogP contribution is -2.07. The first-order valence-corrected chi connectivity index (χ1v) is 6.19.